The molecule has 0 radical (unpaired) electrons. The molecule has 0 spiro atoms. The number of nitrogens with zero attached hydrogens (tertiary/aromatic N) is 3. The van der Waals surface area contributed by atoms with Crippen molar-refractivity contribution >= 4 is 11.9 Å². The van der Waals surface area contributed by atoms with Crippen molar-refractivity contribution in [1.82, 2.24) is 14.7 Å². The molecule has 0 aliphatic heterocycles. The van der Waals surface area contributed by atoms with E-state index in [1.54, 1.807) is 18.1 Å². The summed E-state index contributed by atoms with van der Waals surface area (Å²) in [6, 6.07) is 0. The predicted octanol–water partition coefficient (Wildman–Crippen LogP) is 1.23. The molecule has 6 heteroatoms. The zero-order valence-electron chi connectivity index (χ0n) is 10.8. The number of amides is 1. The first-order valence-electron chi connectivity index (χ1n) is 6.04. The van der Waals surface area contributed by atoms with Crippen LogP contribution in [0.2, 0.25) is 0 Å². The third-order valence-electron chi connectivity index (χ3n) is 2.63. The standard InChI is InChI=1S/C12H19N3O3/c1-3-4-6-14(2)12(18)10-8-13-15(9-10)7-5-11(16)17/h8-9H,3-7H2,1-2H3,(H,16,17). The summed E-state index contributed by atoms with van der Waals surface area (Å²) in [5, 5.41) is 12.5. The fourth-order valence-corrected chi connectivity index (χ4v) is 1.52. The molecule has 0 bridgehead atoms. The third-order valence-corrected chi connectivity index (χ3v) is 2.63. The zero-order chi connectivity index (χ0) is 13.5. The molecule has 1 amide bonds. The summed E-state index contributed by atoms with van der Waals surface area (Å²) in [5.74, 6) is -0.955. The van der Waals surface area contributed by atoms with E-state index in [4.69, 9.17) is 5.11 Å². The topological polar surface area (TPSA) is 75.4 Å². The van der Waals surface area contributed by atoms with Crippen LogP contribution in [0.4, 0.5) is 0 Å². The van der Waals surface area contributed by atoms with E-state index in [-0.39, 0.29) is 18.9 Å². The first-order valence-corrected chi connectivity index (χ1v) is 6.04. The number of aromatic nitrogens is 2. The minimum absolute atomic E-state index is 0.000977. The van der Waals surface area contributed by atoms with Gasteiger partial charge in [-0.1, -0.05) is 13.3 Å². The van der Waals surface area contributed by atoms with Crippen molar-refractivity contribution in [1.29, 1.82) is 0 Å². The normalized spacial score (nSPS) is 10.3. The van der Waals surface area contributed by atoms with Crippen molar-refractivity contribution in [3.63, 3.8) is 0 Å². The van der Waals surface area contributed by atoms with Gasteiger partial charge in [0.05, 0.1) is 24.7 Å². The average Bonchev–Trinajstić information content (AvgIpc) is 2.81. The van der Waals surface area contributed by atoms with Gasteiger partial charge in [-0.2, -0.15) is 5.10 Å². The molecule has 0 aliphatic carbocycles. The van der Waals surface area contributed by atoms with Gasteiger partial charge in [0.1, 0.15) is 0 Å². The van der Waals surface area contributed by atoms with Gasteiger partial charge in [-0.25, -0.2) is 0 Å². The van der Waals surface area contributed by atoms with Gasteiger partial charge in [0, 0.05) is 19.8 Å². The van der Waals surface area contributed by atoms with Crippen LogP contribution in [0.3, 0.4) is 0 Å². The number of hydrogen-bond acceptors (Lipinski definition) is 3. The van der Waals surface area contributed by atoms with Gasteiger partial charge < -0.3 is 10.0 Å². The smallest absolute Gasteiger partial charge is 0.305 e. The van der Waals surface area contributed by atoms with Gasteiger partial charge in [0.15, 0.2) is 0 Å². The summed E-state index contributed by atoms with van der Waals surface area (Å²) < 4.78 is 1.48. The minimum atomic E-state index is -0.876. The molecule has 0 fully saturated rings. The minimum Gasteiger partial charge on any atom is -0.481 e. The summed E-state index contributed by atoms with van der Waals surface area (Å²) >= 11 is 0. The van der Waals surface area contributed by atoms with E-state index < -0.39 is 5.97 Å². The van der Waals surface area contributed by atoms with Crippen LogP contribution >= 0.6 is 0 Å². The molecular weight excluding hydrogens is 234 g/mol. The van der Waals surface area contributed by atoms with Gasteiger partial charge in [-0.15, -0.1) is 0 Å². The highest BCUT2D eigenvalue weighted by Crippen LogP contribution is 2.04. The summed E-state index contributed by atoms with van der Waals surface area (Å²) in [6.45, 7) is 3.07. The first-order chi connectivity index (χ1) is 8.54. The molecule has 0 atom stereocenters. The maximum Gasteiger partial charge on any atom is 0.305 e. The summed E-state index contributed by atoms with van der Waals surface area (Å²) in [7, 11) is 1.76. The molecule has 1 aromatic rings. The quantitative estimate of drug-likeness (QED) is 0.793. The van der Waals surface area contributed by atoms with Crippen LogP contribution in [0.1, 0.15) is 36.5 Å². The van der Waals surface area contributed by atoms with E-state index in [1.807, 2.05) is 0 Å². The molecule has 0 aromatic carbocycles. The van der Waals surface area contributed by atoms with E-state index in [0.717, 1.165) is 19.4 Å². The summed E-state index contributed by atoms with van der Waals surface area (Å²) in [6.07, 6.45) is 5.08. The molecule has 0 aliphatic rings. The molecule has 1 rings (SSSR count). The van der Waals surface area contributed by atoms with Crippen LogP contribution in [0, 0.1) is 0 Å². The summed E-state index contributed by atoms with van der Waals surface area (Å²) in [5.41, 5.74) is 0.499. The number of hydrogen-bond donors (Lipinski definition) is 1. The lowest BCUT2D eigenvalue weighted by Crippen LogP contribution is -2.27. The molecule has 100 valence electrons. The lowest BCUT2D eigenvalue weighted by molar-refractivity contribution is -0.137. The van der Waals surface area contributed by atoms with Crippen molar-refractivity contribution in [2.45, 2.75) is 32.7 Å². The number of carboxylic acid groups (broad SMARTS) is 1. The largest absolute Gasteiger partial charge is 0.481 e. The van der Waals surface area contributed by atoms with Gasteiger partial charge >= 0.3 is 5.97 Å². The van der Waals surface area contributed by atoms with Crippen LogP contribution in [0.15, 0.2) is 12.4 Å². The van der Waals surface area contributed by atoms with E-state index in [9.17, 15) is 9.59 Å². The SMILES string of the molecule is CCCCN(C)C(=O)c1cnn(CCC(=O)O)c1. The van der Waals surface area contributed by atoms with Gasteiger partial charge in [0.2, 0.25) is 0 Å². The Morgan fingerprint density at radius 1 is 1.50 bits per heavy atom. The van der Waals surface area contributed by atoms with Gasteiger partial charge in [-0.05, 0) is 6.42 Å². The number of aliphatic carboxylic acids is 1. The molecule has 6 nitrogen and oxygen atoms in total. The second-order valence-electron chi connectivity index (χ2n) is 4.22. The Labute approximate surface area is 106 Å². The second-order valence-corrected chi connectivity index (χ2v) is 4.22. The monoisotopic (exact) mass is 253 g/mol. The Bertz CT molecular complexity index is 414. The maximum absolute atomic E-state index is 12.0. The molecular formula is C12H19N3O3. The van der Waals surface area contributed by atoms with Crippen molar-refractivity contribution in [2.75, 3.05) is 13.6 Å². The number of rotatable bonds is 7. The lowest BCUT2D eigenvalue weighted by Gasteiger charge is -2.15. The number of carbonyl (C=O) groups excluding carboxylic acids is 1. The van der Waals surface area contributed by atoms with E-state index in [1.165, 1.54) is 10.9 Å². The Balaban J connectivity index is 2.56. The van der Waals surface area contributed by atoms with Crippen molar-refractivity contribution in [3.05, 3.63) is 18.0 Å². The molecule has 0 unspecified atom stereocenters. The first kappa shape index (κ1) is 14.2. The summed E-state index contributed by atoms with van der Waals surface area (Å²) in [4.78, 5) is 24.0. The highest BCUT2D eigenvalue weighted by atomic mass is 16.4. The predicted molar refractivity (Wildman–Crippen MR) is 66.3 cm³/mol. The molecule has 0 saturated heterocycles. The molecule has 18 heavy (non-hydrogen) atoms. The fourth-order valence-electron chi connectivity index (χ4n) is 1.52. The van der Waals surface area contributed by atoms with Crippen molar-refractivity contribution in [3.8, 4) is 0 Å². The third kappa shape index (κ3) is 4.20. The van der Waals surface area contributed by atoms with Gasteiger partial charge in [-0.3, -0.25) is 14.3 Å². The molecule has 1 aromatic heterocycles. The average molecular weight is 253 g/mol. The Kier molecular flexibility index (Phi) is 5.35. The fraction of sp³-hybridized carbons (Fsp3) is 0.583. The number of aryl methyl sites for hydroxylation is 1. The van der Waals surface area contributed by atoms with Gasteiger partial charge in [0.25, 0.3) is 5.91 Å². The molecule has 1 N–H and O–H groups in total. The highest BCUT2D eigenvalue weighted by Gasteiger charge is 2.13. The van der Waals surface area contributed by atoms with Crippen LogP contribution in [0.5, 0.6) is 0 Å². The maximum atomic E-state index is 12.0. The zero-order valence-corrected chi connectivity index (χ0v) is 10.8. The lowest BCUT2D eigenvalue weighted by atomic mass is 10.3. The van der Waals surface area contributed by atoms with E-state index in [2.05, 4.69) is 12.0 Å². The van der Waals surface area contributed by atoms with Crippen LogP contribution < -0.4 is 0 Å². The van der Waals surface area contributed by atoms with E-state index >= 15 is 0 Å². The van der Waals surface area contributed by atoms with Crippen LogP contribution in [-0.2, 0) is 11.3 Å². The van der Waals surface area contributed by atoms with Crippen molar-refractivity contribution in [2.24, 2.45) is 0 Å². The number of carbonyl (C=O) groups is 2. The van der Waals surface area contributed by atoms with Crippen molar-refractivity contribution < 1.29 is 14.7 Å². The second kappa shape index (κ2) is 6.78. The number of unbranched alkanes of at least 4 members (excludes halogenated alkanes) is 1. The van der Waals surface area contributed by atoms with Crippen LogP contribution in [0.25, 0.3) is 0 Å². The molecule has 0 saturated carbocycles. The Morgan fingerprint density at radius 2 is 2.22 bits per heavy atom. The number of carboxylic acids is 1. The van der Waals surface area contributed by atoms with Crippen LogP contribution in [-0.4, -0.2) is 45.3 Å². The highest BCUT2D eigenvalue weighted by molar-refractivity contribution is 5.93. The Morgan fingerprint density at radius 3 is 2.83 bits per heavy atom. The molecule has 1 heterocycles. The van der Waals surface area contributed by atoms with E-state index in [0.29, 0.717) is 5.56 Å². The Hall–Kier alpha value is -1.85.